The molecule has 2 aliphatic rings. The number of furan rings is 1. The Bertz CT molecular complexity index is 3110. The van der Waals surface area contributed by atoms with E-state index in [1.54, 1.807) is 0 Å². The van der Waals surface area contributed by atoms with Gasteiger partial charge in [-0.05, 0) is 92.5 Å². The highest BCUT2D eigenvalue weighted by atomic mass is 16.3. The second kappa shape index (κ2) is 11.4. The van der Waals surface area contributed by atoms with Gasteiger partial charge in [0.1, 0.15) is 11.1 Å². The van der Waals surface area contributed by atoms with E-state index in [9.17, 15) is 0 Å². The normalized spacial score (nSPS) is 13.2. The molecule has 0 saturated carbocycles. The maximum atomic E-state index is 6.72. The third-order valence-electron chi connectivity index (χ3n) is 11.9. The monoisotopic (exact) mass is 700 g/mol. The largest absolute Gasteiger partial charge is 0.454 e. The first kappa shape index (κ1) is 30.3. The van der Waals surface area contributed by atoms with Crippen molar-refractivity contribution in [1.29, 1.82) is 0 Å². The first-order valence-electron chi connectivity index (χ1n) is 18.9. The second-order valence-electron chi connectivity index (χ2n) is 14.6. The first-order valence-corrected chi connectivity index (χ1v) is 18.9. The van der Waals surface area contributed by atoms with Gasteiger partial charge in [0.25, 0.3) is 0 Å². The summed E-state index contributed by atoms with van der Waals surface area (Å²) >= 11 is 0. The number of rotatable bonds is 4. The molecule has 55 heavy (non-hydrogen) atoms. The van der Waals surface area contributed by atoms with Gasteiger partial charge >= 0.3 is 0 Å². The minimum Gasteiger partial charge on any atom is -0.454 e. The van der Waals surface area contributed by atoms with E-state index >= 15 is 0 Å². The molecule has 0 bridgehead atoms. The summed E-state index contributed by atoms with van der Waals surface area (Å²) in [5.74, 6) is 0. The summed E-state index contributed by atoms with van der Waals surface area (Å²) in [5, 5.41) is 3.21. The van der Waals surface area contributed by atoms with Crippen LogP contribution in [0.3, 0.4) is 0 Å². The van der Waals surface area contributed by atoms with Gasteiger partial charge < -0.3 is 9.32 Å². The van der Waals surface area contributed by atoms with E-state index in [4.69, 9.17) is 9.40 Å². The van der Waals surface area contributed by atoms with Crippen LogP contribution in [0.4, 0.5) is 17.1 Å². The Kier molecular flexibility index (Phi) is 6.26. The molecule has 12 rings (SSSR count). The van der Waals surface area contributed by atoms with Crippen LogP contribution in [0.5, 0.6) is 0 Å². The van der Waals surface area contributed by atoms with Crippen LogP contribution in [0.25, 0.3) is 66.2 Å². The van der Waals surface area contributed by atoms with E-state index in [1.807, 2.05) is 12.3 Å². The zero-order valence-corrected chi connectivity index (χ0v) is 29.8. The number of aromatic nitrogens is 1. The Hall–Kier alpha value is -7.23. The Morgan fingerprint density at radius 2 is 1.07 bits per heavy atom. The van der Waals surface area contributed by atoms with E-state index in [1.165, 1.54) is 55.6 Å². The third kappa shape index (κ3) is 4.12. The zero-order chi connectivity index (χ0) is 36.1. The van der Waals surface area contributed by atoms with Gasteiger partial charge in [0.2, 0.25) is 0 Å². The van der Waals surface area contributed by atoms with E-state index in [0.29, 0.717) is 0 Å². The summed E-state index contributed by atoms with van der Waals surface area (Å²) in [4.78, 5) is 7.13. The fourth-order valence-corrected chi connectivity index (χ4v) is 9.67. The fraction of sp³-hybridized carbons (Fsp3) is 0.0192. The first-order chi connectivity index (χ1) is 27.3. The van der Waals surface area contributed by atoms with Crippen molar-refractivity contribution >= 4 is 49.9 Å². The van der Waals surface area contributed by atoms with Gasteiger partial charge in [0.05, 0.1) is 11.1 Å². The van der Waals surface area contributed by atoms with Gasteiger partial charge in [-0.2, -0.15) is 0 Å². The Morgan fingerprint density at radius 1 is 0.455 bits per heavy atom. The summed E-state index contributed by atoms with van der Waals surface area (Å²) in [5.41, 5.74) is 18.1. The van der Waals surface area contributed by atoms with Crippen LogP contribution in [0.2, 0.25) is 0 Å². The molecule has 0 saturated heterocycles. The average Bonchev–Trinajstić information content (AvgIpc) is 3.89. The number of benzene rings is 8. The van der Waals surface area contributed by atoms with Crippen molar-refractivity contribution in [3.05, 3.63) is 217 Å². The number of hydrogen-bond donors (Lipinski definition) is 0. The smallest absolute Gasteiger partial charge is 0.161 e. The molecule has 0 N–H and O–H groups in total. The number of anilines is 3. The molecule has 8 aromatic carbocycles. The van der Waals surface area contributed by atoms with Crippen molar-refractivity contribution in [2.75, 3.05) is 4.90 Å². The molecule has 0 unspecified atom stereocenters. The summed E-state index contributed by atoms with van der Waals surface area (Å²) in [6.45, 7) is 0. The van der Waals surface area contributed by atoms with Crippen LogP contribution in [0.1, 0.15) is 22.3 Å². The van der Waals surface area contributed by atoms with Gasteiger partial charge in [-0.15, -0.1) is 0 Å². The highest BCUT2D eigenvalue weighted by Crippen LogP contribution is 2.64. The molecule has 10 aromatic rings. The number of pyridine rings is 1. The van der Waals surface area contributed by atoms with Crippen LogP contribution in [0.15, 0.2) is 199 Å². The second-order valence-corrected chi connectivity index (χ2v) is 14.6. The van der Waals surface area contributed by atoms with Crippen molar-refractivity contribution in [2.24, 2.45) is 0 Å². The summed E-state index contributed by atoms with van der Waals surface area (Å²) < 4.78 is 6.72. The number of nitrogens with zero attached hydrogens (tertiary/aromatic N) is 2. The van der Waals surface area contributed by atoms with Crippen molar-refractivity contribution in [3.63, 3.8) is 0 Å². The van der Waals surface area contributed by atoms with Gasteiger partial charge in [0, 0.05) is 45.4 Å². The van der Waals surface area contributed by atoms with Gasteiger partial charge in [-0.3, -0.25) is 4.98 Å². The number of hydrogen-bond acceptors (Lipinski definition) is 3. The van der Waals surface area contributed by atoms with Crippen LogP contribution < -0.4 is 4.90 Å². The standard InChI is InChI=1S/C52H32N2O/c1-2-12-33(13-3-1)34-23-26-36(27-24-34)54(37-28-30-40-41-29-25-35-14-11-31-53-50(35)51(41)55-48(40)32-37)47-22-10-21-46-49(47)42-17-6-9-20-45(42)52(46)43-18-7-4-15-38(43)39-16-5-8-19-44(39)52/h1-32H. The highest BCUT2D eigenvalue weighted by Gasteiger charge is 2.52. The molecular weight excluding hydrogens is 669 g/mol. The molecule has 0 fully saturated rings. The molecule has 0 aliphatic heterocycles. The summed E-state index contributed by atoms with van der Waals surface area (Å²) in [6.07, 6.45) is 1.84. The Balaban J connectivity index is 1.13. The van der Waals surface area contributed by atoms with Crippen molar-refractivity contribution in [2.45, 2.75) is 5.41 Å². The molecule has 2 aliphatic carbocycles. The predicted octanol–water partition coefficient (Wildman–Crippen LogP) is 13.6. The quantitative estimate of drug-likeness (QED) is 0.183. The van der Waals surface area contributed by atoms with Crippen LogP contribution in [-0.4, -0.2) is 4.98 Å². The molecule has 0 radical (unpaired) electrons. The van der Waals surface area contributed by atoms with Crippen LogP contribution in [-0.2, 0) is 5.41 Å². The van der Waals surface area contributed by atoms with Gasteiger partial charge in [-0.1, -0.05) is 140 Å². The predicted molar refractivity (Wildman–Crippen MR) is 225 cm³/mol. The molecule has 2 heterocycles. The topological polar surface area (TPSA) is 29.3 Å². The van der Waals surface area contributed by atoms with Crippen LogP contribution >= 0.6 is 0 Å². The van der Waals surface area contributed by atoms with Crippen LogP contribution in [0, 0.1) is 0 Å². The van der Waals surface area contributed by atoms with Crippen molar-refractivity contribution < 1.29 is 4.42 Å². The SMILES string of the molecule is c1ccc(-c2ccc(N(c3ccc4c(c3)oc3c4ccc4cccnc43)c3cccc4c3-c3ccccc3C43c4ccccc4-c4ccccc43)cc2)cc1. The molecule has 2 aromatic heterocycles. The van der Waals surface area contributed by atoms with E-state index in [2.05, 4.69) is 187 Å². The van der Waals surface area contributed by atoms with Gasteiger partial charge in [0.15, 0.2) is 5.58 Å². The lowest BCUT2D eigenvalue weighted by atomic mass is 9.70. The molecule has 256 valence electrons. The molecule has 0 atom stereocenters. The summed E-state index contributed by atoms with van der Waals surface area (Å²) in [6, 6.07) is 68.4. The Labute approximate surface area is 318 Å². The lowest BCUT2D eigenvalue weighted by Gasteiger charge is -2.31. The van der Waals surface area contributed by atoms with E-state index in [-0.39, 0.29) is 0 Å². The highest BCUT2D eigenvalue weighted by molar-refractivity contribution is 6.14. The average molecular weight is 701 g/mol. The van der Waals surface area contributed by atoms with E-state index in [0.717, 1.165) is 49.9 Å². The van der Waals surface area contributed by atoms with Crippen molar-refractivity contribution in [1.82, 2.24) is 4.98 Å². The molecule has 3 nitrogen and oxygen atoms in total. The zero-order valence-electron chi connectivity index (χ0n) is 29.8. The third-order valence-corrected chi connectivity index (χ3v) is 11.9. The summed E-state index contributed by atoms with van der Waals surface area (Å²) in [7, 11) is 0. The maximum absolute atomic E-state index is 6.72. The molecule has 0 amide bonds. The molecule has 3 heteroatoms. The lowest BCUT2D eigenvalue weighted by Crippen LogP contribution is -2.26. The minimum absolute atomic E-state index is 0.436. The molecular formula is C52H32N2O. The minimum atomic E-state index is -0.436. The maximum Gasteiger partial charge on any atom is 0.161 e. The molecule has 1 spiro atoms. The van der Waals surface area contributed by atoms with Crippen molar-refractivity contribution in [3.8, 4) is 33.4 Å². The van der Waals surface area contributed by atoms with Gasteiger partial charge in [-0.25, -0.2) is 0 Å². The van der Waals surface area contributed by atoms with E-state index < -0.39 is 5.41 Å². The fourth-order valence-electron chi connectivity index (χ4n) is 9.67. The lowest BCUT2D eigenvalue weighted by molar-refractivity contribution is 0.671. The number of fused-ring (bicyclic) bond motifs is 15. The Morgan fingerprint density at radius 3 is 1.84 bits per heavy atom.